The first-order valence-corrected chi connectivity index (χ1v) is 6.50. The number of ether oxygens (including phenoxy) is 1. The van der Waals surface area contributed by atoms with E-state index in [0.29, 0.717) is 11.6 Å². The maximum absolute atomic E-state index is 13.0. The van der Waals surface area contributed by atoms with Gasteiger partial charge in [0.25, 0.3) is 0 Å². The summed E-state index contributed by atoms with van der Waals surface area (Å²) < 4.78 is 92.3. The van der Waals surface area contributed by atoms with Crippen LogP contribution in [0.2, 0.25) is 0 Å². The Labute approximate surface area is 137 Å². The quantitative estimate of drug-likeness (QED) is 0.251. The second-order valence-corrected chi connectivity index (χ2v) is 4.74. The molecule has 0 atom stereocenters. The summed E-state index contributed by atoms with van der Waals surface area (Å²) in [6.07, 6.45) is -4.32. The zero-order chi connectivity index (χ0) is 19.5. The first kappa shape index (κ1) is 20.6. The lowest BCUT2D eigenvalue weighted by molar-refractivity contribution is -0.361. The Morgan fingerprint density at radius 3 is 2.28 bits per heavy atom. The number of nitrogens with zero attached hydrogens (tertiary/aromatic N) is 1. The van der Waals surface area contributed by atoms with Gasteiger partial charge in [0.05, 0.1) is 13.3 Å². The van der Waals surface area contributed by atoms with Gasteiger partial charge in [-0.3, -0.25) is 0 Å². The minimum atomic E-state index is -6.46. The fourth-order valence-electron chi connectivity index (χ4n) is 1.67. The van der Waals surface area contributed by atoms with E-state index in [0.717, 1.165) is 6.07 Å². The van der Waals surface area contributed by atoms with Crippen molar-refractivity contribution in [2.24, 2.45) is 5.10 Å². The third-order valence-electron chi connectivity index (χ3n) is 2.93. The highest BCUT2D eigenvalue weighted by Crippen LogP contribution is 2.45. The van der Waals surface area contributed by atoms with Crippen LogP contribution in [-0.4, -0.2) is 36.6 Å². The number of rotatable bonds is 7. The van der Waals surface area contributed by atoms with Crippen LogP contribution in [0.4, 0.5) is 30.7 Å². The lowest BCUT2D eigenvalue weighted by Crippen LogP contribution is -2.58. The number of hydrogen-bond donors (Lipinski definition) is 2. The predicted molar refractivity (Wildman–Crippen MR) is 75.2 cm³/mol. The molecule has 0 fully saturated rings. The maximum Gasteiger partial charge on any atom is 0.462 e. The van der Waals surface area contributed by atoms with Gasteiger partial charge in [0.1, 0.15) is 0 Å². The van der Waals surface area contributed by atoms with Crippen molar-refractivity contribution >= 4 is 6.21 Å². The number of halogens is 7. The maximum atomic E-state index is 13.0. The first-order valence-electron chi connectivity index (χ1n) is 6.50. The van der Waals surface area contributed by atoms with E-state index < -0.39 is 18.1 Å². The molecule has 0 radical (unpaired) electrons. The van der Waals surface area contributed by atoms with Crippen molar-refractivity contribution in [3.05, 3.63) is 35.9 Å². The molecule has 11 heteroatoms. The summed E-state index contributed by atoms with van der Waals surface area (Å²) in [5.74, 6) is -6.66. The van der Waals surface area contributed by atoms with E-state index in [1.807, 2.05) is 0 Å². The third-order valence-corrected chi connectivity index (χ3v) is 2.93. The minimum absolute atomic E-state index is 0.00475. The highest BCUT2D eigenvalue weighted by atomic mass is 19.4. The molecule has 0 saturated heterocycles. The van der Waals surface area contributed by atoms with Gasteiger partial charge in [-0.2, -0.15) is 35.8 Å². The smallest absolute Gasteiger partial charge is 0.462 e. The van der Waals surface area contributed by atoms with Crippen molar-refractivity contribution in [3.8, 4) is 11.5 Å². The Balaban J connectivity index is 3.06. The van der Waals surface area contributed by atoms with Crippen LogP contribution < -0.4 is 10.2 Å². The lowest BCUT2D eigenvalue weighted by atomic mass is 10.1. The Morgan fingerprint density at radius 1 is 1.20 bits per heavy atom. The Bertz CT molecular complexity index is 657. The Morgan fingerprint density at radius 2 is 1.80 bits per heavy atom. The van der Waals surface area contributed by atoms with E-state index in [1.165, 1.54) is 19.3 Å². The fourth-order valence-corrected chi connectivity index (χ4v) is 1.67. The zero-order valence-electron chi connectivity index (χ0n) is 12.7. The van der Waals surface area contributed by atoms with Gasteiger partial charge in [-0.05, 0) is 24.1 Å². The lowest BCUT2D eigenvalue weighted by Gasteiger charge is -2.27. The van der Waals surface area contributed by atoms with Crippen molar-refractivity contribution in [1.82, 2.24) is 5.43 Å². The first-order chi connectivity index (χ1) is 11.4. The van der Waals surface area contributed by atoms with Crippen LogP contribution in [-0.2, 0) is 6.42 Å². The van der Waals surface area contributed by atoms with E-state index in [2.05, 4.69) is 11.7 Å². The molecule has 2 N–H and O–H groups in total. The summed E-state index contributed by atoms with van der Waals surface area (Å²) in [6.45, 7) is 3.44. The SMILES string of the molecule is C=CCc1cc(/C=N/NC(F)(F)C(F)(F)C(F)(F)F)cc(OC)c1O. The number of hydrazone groups is 1. The molecule has 0 amide bonds. The summed E-state index contributed by atoms with van der Waals surface area (Å²) in [5, 5.41) is 12.5. The van der Waals surface area contributed by atoms with Gasteiger partial charge in [-0.1, -0.05) is 6.08 Å². The molecule has 140 valence electrons. The predicted octanol–water partition coefficient (Wildman–Crippen LogP) is 3.84. The number of hydrogen-bond acceptors (Lipinski definition) is 4. The molecule has 1 aromatic rings. The van der Waals surface area contributed by atoms with Crippen LogP contribution in [0.5, 0.6) is 11.5 Å². The topological polar surface area (TPSA) is 53.9 Å². The fraction of sp³-hybridized carbons (Fsp3) is 0.357. The third kappa shape index (κ3) is 4.34. The van der Waals surface area contributed by atoms with Crippen molar-refractivity contribution < 1.29 is 40.6 Å². The Hall–Kier alpha value is -2.46. The molecule has 0 spiro atoms. The average molecular weight is 374 g/mol. The van der Waals surface area contributed by atoms with E-state index in [9.17, 15) is 35.8 Å². The molecule has 1 aromatic carbocycles. The Kier molecular flexibility index (Phi) is 5.92. The van der Waals surface area contributed by atoms with Gasteiger partial charge in [0, 0.05) is 5.56 Å². The van der Waals surface area contributed by atoms with E-state index in [4.69, 9.17) is 4.74 Å². The molecule has 0 aliphatic heterocycles. The van der Waals surface area contributed by atoms with Crippen molar-refractivity contribution in [2.45, 2.75) is 24.6 Å². The monoisotopic (exact) mass is 374 g/mol. The normalized spacial score (nSPS) is 13.1. The summed E-state index contributed by atoms with van der Waals surface area (Å²) in [5.41, 5.74) is 0.758. The molecule has 0 heterocycles. The number of allylic oxidation sites excluding steroid dienone is 1. The van der Waals surface area contributed by atoms with Gasteiger partial charge < -0.3 is 9.84 Å². The molecule has 0 aliphatic rings. The van der Waals surface area contributed by atoms with Gasteiger partial charge in [0.2, 0.25) is 0 Å². The van der Waals surface area contributed by atoms with Crippen LogP contribution in [0, 0.1) is 0 Å². The summed E-state index contributed by atoms with van der Waals surface area (Å²) >= 11 is 0. The summed E-state index contributed by atoms with van der Waals surface area (Å²) in [7, 11) is 1.20. The summed E-state index contributed by atoms with van der Waals surface area (Å²) in [6, 6.07) is -3.30. The highest BCUT2D eigenvalue weighted by Gasteiger charge is 2.73. The largest absolute Gasteiger partial charge is 0.504 e. The van der Waals surface area contributed by atoms with Crippen LogP contribution in [0.1, 0.15) is 11.1 Å². The van der Waals surface area contributed by atoms with Crippen LogP contribution >= 0.6 is 0 Å². The van der Waals surface area contributed by atoms with Gasteiger partial charge >= 0.3 is 18.1 Å². The number of benzene rings is 1. The second-order valence-electron chi connectivity index (χ2n) is 4.74. The molecule has 0 unspecified atom stereocenters. The van der Waals surface area contributed by atoms with Gasteiger partial charge in [-0.15, -0.1) is 6.58 Å². The van der Waals surface area contributed by atoms with Gasteiger partial charge in [-0.25, -0.2) is 5.43 Å². The standard InChI is InChI=1S/C14H13F7N2O2/c1-3-4-9-5-8(6-10(25-2)11(9)24)7-22-23-14(20,21)12(15,16)13(17,18)19/h3,5-7,23-24H,1,4H2,2H3/b22-7+. The molecule has 0 bridgehead atoms. The second kappa shape index (κ2) is 7.19. The van der Waals surface area contributed by atoms with Crippen LogP contribution in [0.15, 0.2) is 29.9 Å². The van der Waals surface area contributed by atoms with E-state index in [1.54, 1.807) is 0 Å². The average Bonchev–Trinajstić information content (AvgIpc) is 2.48. The molecule has 0 aromatic heterocycles. The zero-order valence-corrected chi connectivity index (χ0v) is 12.7. The number of methoxy groups -OCH3 is 1. The summed E-state index contributed by atoms with van der Waals surface area (Å²) in [4.78, 5) is 0. The number of alkyl halides is 7. The molecule has 1 rings (SSSR count). The van der Waals surface area contributed by atoms with Crippen LogP contribution in [0.25, 0.3) is 0 Å². The van der Waals surface area contributed by atoms with Gasteiger partial charge in [0.15, 0.2) is 11.5 Å². The van der Waals surface area contributed by atoms with Crippen molar-refractivity contribution in [3.63, 3.8) is 0 Å². The molecule has 0 saturated carbocycles. The van der Waals surface area contributed by atoms with E-state index >= 15 is 0 Å². The van der Waals surface area contributed by atoms with Crippen molar-refractivity contribution in [2.75, 3.05) is 7.11 Å². The van der Waals surface area contributed by atoms with E-state index in [-0.39, 0.29) is 29.0 Å². The van der Waals surface area contributed by atoms with Crippen LogP contribution in [0.3, 0.4) is 0 Å². The minimum Gasteiger partial charge on any atom is -0.504 e. The number of phenolic OH excluding ortho intramolecular Hbond substituents is 1. The molecular weight excluding hydrogens is 361 g/mol. The molecule has 4 nitrogen and oxygen atoms in total. The number of nitrogens with one attached hydrogen (secondary N) is 1. The molecule has 0 aliphatic carbocycles. The van der Waals surface area contributed by atoms with Crippen molar-refractivity contribution in [1.29, 1.82) is 0 Å². The number of aromatic hydroxyl groups is 1. The molecular formula is C14H13F7N2O2. The molecule has 25 heavy (non-hydrogen) atoms. The number of phenols is 1. The highest BCUT2D eigenvalue weighted by molar-refractivity contribution is 5.81.